The molecule has 2 aliphatic heterocycles. The molecule has 0 saturated carbocycles. The van der Waals surface area contributed by atoms with E-state index in [-0.39, 0.29) is 0 Å². The number of nitrogens with two attached hydrogens (primary N) is 2. The van der Waals surface area contributed by atoms with E-state index in [4.69, 9.17) is 17.5 Å². The SMILES string of the molecule is C1CC[NH2+]CC1.C1CC[NH2+]CC1.CNC(=S)NC.CNC(=S)NC.O=S(=O)([O-])[O-]. The molecule has 8 N–H and O–H groups in total. The van der Waals surface area contributed by atoms with E-state index in [9.17, 15) is 0 Å². The molecule has 0 radical (unpaired) electrons. The summed E-state index contributed by atoms with van der Waals surface area (Å²) in [7, 11) is 1.94. The van der Waals surface area contributed by atoms with E-state index < -0.39 is 10.4 Å². The van der Waals surface area contributed by atoms with Crippen LogP contribution in [0.25, 0.3) is 0 Å². The molecule has 176 valence electrons. The first kappa shape index (κ1) is 32.8. The fourth-order valence-electron chi connectivity index (χ4n) is 2.05. The van der Waals surface area contributed by atoms with Gasteiger partial charge < -0.3 is 41.0 Å². The first-order valence-corrected chi connectivity index (χ1v) is 11.9. The van der Waals surface area contributed by atoms with Gasteiger partial charge in [-0.3, -0.25) is 8.42 Å². The Labute approximate surface area is 187 Å². The van der Waals surface area contributed by atoms with Gasteiger partial charge in [0.25, 0.3) is 0 Å². The Morgan fingerprint density at radius 1 is 0.655 bits per heavy atom. The first-order valence-electron chi connectivity index (χ1n) is 9.71. The molecular weight excluding hydrogens is 436 g/mol. The van der Waals surface area contributed by atoms with E-state index in [1.165, 1.54) is 64.7 Å². The number of thiocarbonyl (C=S) groups is 2. The van der Waals surface area contributed by atoms with Crippen LogP contribution in [0.5, 0.6) is 0 Å². The molecule has 10 nitrogen and oxygen atoms in total. The van der Waals surface area contributed by atoms with Gasteiger partial charge in [0, 0.05) is 38.6 Å². The van der Waals surface area contributed by atoms with Crippen LogP contribution in [0, 0.1) is 0 Å². The molecule has 2 saturated heterocycles. The van der Waals surface area contributed by atoms with Crippen LogP contribution in [-0.2, 0) is 10.4 Å². The van der Waals surface area contributed by atoms with Gasteiger partial charge in [0.1, 0.15) is 0 Å². The van der Waals surface area contributed by atoms with Crippen LogP contribution >= 0.6 is 24.4 Å². The van der Waals surface area contributed by atoms with Crippen molar-refractivity contribution in [3.05, 3.63) is 0 Å². The number of nitrogens with one attached hydrogen (secondary N) is 4. The highest BCUT2D eigenvalue weighted by Crippen LogP contribution is 1.92. The van der Waals surface area contributed by atoms with Crippen LogP contribution < -0.4 is 31.9 Å². The number of hydrogen-bond donors (Lipinski definition) is 6. The highest BCUT2D eigenvalue weighted by atomic mass is 32.3. The van der Waals surface area contributed by atoms with Crippen LogP contribution in [0.15, 0.2) is 0 Å². The summed E-state index contributed by atoms with van der Waals surface area (Å²) in [5.74, 6) is 0. The maximum atomic E-state index is 8.52. The van der Waals surface area contributed by atoms with Gasteiger partial charge in [0.2, 0.25) is 0 Å². The van der Waals surface area contributed by atoms with Crippen molar-refractivity contribution in [1.82, 2.24) is 21.3 Å². The van der Waals surface area contributed by atoms with E-state index in [1.807, 2.05) is 0 Å². The second-order valence-electron chi connectivity index (χ2n) is 5.92. The smallest absolute Gasteiger partial charge is 0.165 e. The zero-order chi connectivity index (χ0) is 23.0. The van der Waals surface area contributed by atoms with Crippen LogP contribution in [-0.4, -0.2) is 82.1 Å². The molecule has 29 heavy (non-hydrogen) atoms. The lowest BCUT2D eigenvalue weighted by Crippen LogP contribution is -2.85. The van der Waals surface area contributed by atoms with Gasteiger partial charge >= 0.3 is 0 Å². The number of quaternary nitrogens is 2. The van der Waals surface area contributed by atoms with Crippen LogP contribution in [0.2, 0.25) is 0 Å². The highest BCUT2D eigenvalue weighted by Gasteiger charge is 1.98. The molecule has 2 rings (SSSR count). The van der Waals surface area contributed by atoms with Crippen LogP contribution in [0.4, 0.5) is 0 Å². The van der Waals surface area contributed by atoms with Gasteiger partial charge in [-0.1, -0.05) is 0 Å². The van der Waals surface area contributed by atoms with E-state index in [0.29, 0.717) is 10.2 Å². The summed E-state index contributed by atoms with van der Waals surface area (Å²) in [6.45, 7) is 5.50. The summed E-state index contributed by atoms with van der Waals surface area (Å²) in [5, 5.41) is 17.1. The zero-order valence-electron chi connectivity index (χ0n) is 18.1. The third-order valence-electron chi connectivity index (χ3n) is 3.54. The summed E-state index contributed by atoms with van der Waals surface area (Å²) < 4.78 is 34.1. The van der Waals surface area contributed by atoms with Gasteiger partial charge in [0.05, 0.1) is 26.2 Å². The van der Waals surface area contributed by atoms with Crippen molar-refractivity contribution < 1.29 is 28.2 Å². The number of piperidine rings is 2. The summed E-state index contributed by atoms with van der Waals surface area (Å²) in [6.07, 6.45) is 8.72. The maximum absolute atomic E-state index is 8.52. The van der Waals surface area contributed by atoms with E-state index in [2.05, 4.69) is 56.3 Å². The summed E-state index contributed by atoms with van der Waals surface area (Å²) >= 11 is 9.27. The fraction of sp³-hybridized carbons (Fsp3) is 0.875. The third-order valence-corrected chi connectivity index (χ3v) is 4.36. The predicted octanol–water partition coefficient (Wildman–Crippen LogP) is -2.45. The molecule has 0 aliphatic carbocycles. The molecule has 0 aromatic carbocycles. The lowest BCUT2D eigenvalue weighted by Gasteiger charge is -2.06. The van der Waals surface area contributed by atoms with Crippen molar-refractivity contribution >= 4 is 45.1 Å². The van der Waals surface area contributed by atoms with Crippen molar-refractivity contribution in [1.29, 1.82) is 0 Å². The van der Waals surface area contributed by atoms with Crippen LogP contribution in [0.3, 0.4) is 0 Å². The highest BCUT2D eigenvalue weighted by molar-refractivity contribution is 7.80. The quantitative estimate of drug-likeness (QED) is 0.126. The lowest BCUT2D eigenvalue weighted by atomic mass is 10.2. The molecule has 0 bridgehead atoms. The molecular formula is C16H40N6O4S3. The molecule has 0 aromatic heterocycles. The van der Waals surface area contributed by atoms with Gasteiger partial charge in [0.15, 0.2) is 10.2 Å². The van der Waals surface area contributed by atoms with Gasteiger partial charge in [-0.2, -0.15) is 0 Å². The van der Waals surface area contributed by atoms with Gasteiger partial charge in [-0.25, -0.2) is 0 Å². The van der Waals surface area contributed by atoms with Crippen molar-refractivity contribution in [3.8, 4) is 0 Å². The zero-order valence-corrected chi connectivity index (χ0v) is 20.5. The normalized spacial score (nSPS) is 14.8. The molecule has 0 aromatic rings. The molecule has 0 atom stereocenters. The molecule has 2 aliphatic rings. The monoisotopic (exact) mass is 476 g/mol. The topological polar surface area (TPSA) is 162 Å². The molecule has 0 spiro atoms. The largest absolute Gasteiger partial charge is 0.759 e. The average Bonchev–Trinajstić information content (AvgIpc) is 2.75. The lowest BCUT2D eigenvalue weighted by molar-refractivity contribution is -0.662. The van der Waals surface area contributed by atoms with Crippen molar-refractivity contribution in [2.75, 3.05) is 54.4 Å². The third kappa shape index (κ3) is 46.8. The minimum Gasteiger partial charge on any atom is -0.759 e. The van der Waals surface area contributed by atoms with Crippen LogP contribution in [0.1, 0.15) is 38.5 Å². The Kier molecular flexibility index (Phi) is 28.5. The Balaban J connectivity index is -0.000000292. The minimum absolute atomic E-state index is 0.676. The second kappa shape index (κ2) is 25.2. The Hall–Kier alpha value is -0.830. The predicted molar refractivity (Wildman–Crippen MR) is 123 cm³/mol. The Morgan fingerprint density at radius 2 is 0.862 bits per heavy atom. The summed E-state index contributed by atoms with van der Waals surface area (Å²) in [6, 6.07) is 0. The molecule has 0 amide bonds. The number of rotatable bonds is 0. The van der Waals surface area contributed by atoms with Gasteiger partial charge in [-0.05, 0) is 63.0 Å². The fourth-order valence-corrected chi connectivity index (χ4v) is 2.05. The molecule has 2 heterocycles. The second-order valence-corrected chi connectivity index (χ2v) is 7.55. The maximum Gasteiger partial charge on any atom is 0.165 e. The minimum atomic E-state index is -5.17. The Morgan fingerprint density at radius 3 is 0.897 bits per heavy atom. The van der Waals surface area contributed by atoms with Crippen molar-refractivity contribution in [2.24, 2.45) is 0 Å². The van der Waals surface area contributed by atoms with E-state index in [1.54, 1.807) is 28.2 Å². The van der Waals surface area contributed by atoms with Gasteiger partial charge in [-0.15, -0.1) is 0 Å². The summed E-state index contributed by atoms with van der Waals surface area (Å²) in [4.78, 5) is 0. The van der Waals surface area contributed by atoms with Crippen molar-refractivity contribution in [3.63, 3.8) is 0 Å². The van der Waals surface area contributed by atoms with E-state index in [0.717, 1.165) is 0 Å². The molecule has 2 fully saturated rings. The first-order chi connectivity index (χ1) is 13.6. The number of hydrogen-bond acceptors (Lipinski definition) is 6. The summed E-state index contributed by atoms with van der Waals surface area (Å²) in [5.41, 5.74) is 0. The molecule has 13 heteroatoms. The van der Waals surface area contributed by atoms with E-state index >= 15 is 0 Å². The standard InChI is InChI=1S/2C5H11N.2C3H8N2S.H2O4S/c2*1-2-4-6-5-3-1;2*1-4-3(6)5-2;1-5(2,3)4/h2*6H,1-5H2;2*1-2H3,(H2,4,5,6);(H2,1,2,3,4). The molecule has 0 unspecified atom stereocenters. The average molecular weight is 477 g/mol. The Bertz CT molecular complexity index is 402. The van der Waals surface area contributed by atoms with Crippen molar-refractivity contribution in [2.45, 2.75) is 38.5 Å².